The first-order chi connectivity index (χ1) is 9.20. The number of nitro benzene ring substituents is 1. The normalized spacial score (nSPS) is 10.1. The summed E-state index contributed by atoms with van der Waals surface area (Å²) in [5.41, 5.74) is 1.24. The summed E-state index contributed by atoms with van der Waals surface area (Å²) >= 11 is 1.61. The number of thiophene rings is 1. The van der Waals surface area contributed by atoms with Crippen LogP contribution in [0.2, 0.25) is 0 Å². The maximum Gasteiger partial charge on any atom is 0.270 e. The maximum absolute atomic E-state index is 10.9. The summed E-state index contributed by atoms with van der Waals surface area (Å²) in [6.07, 6.45) is 1.30. The zero-order chi connectivity index (χ0) is 13.7. The Morgan fingerprint density at radius 3 is 2.84 bits per heavy atom. The molecule has 2 aromatic rings. The average Bonchev–Trinajstić information content (AvgIpc) is 2.92. The molecule has 0 saturated carbocycles. The van der Waals surface area contributed by atoms with E-state index in [0.717, 1.165) is 6.42 Å². The first-order valence-corrected chi connectivity index (χ1v) is 6.52. The number of rotatable bonds is 6. The standard InChI is InChI=1S/C13H11NO4S/c15-8-11-7-12(14(16)17)1-2-13(11)18-5-3-10-4-6-19-9-10/h1-2,4,6-9H,3,5H2. The molecule has 0 fully saturated rings. The fourth-order valence-corrected chi connectivity index (χ4v) is 2.29. The first kappa shape index (κ1) is 13.2. The van der Waals surface area contributed by atoms with Crippen LogP contribution in [-0.2, 0) is 6.42 Å². The van der Waals surface area contributed by atoms with Crippen molar-refractivity contribution in [3.05, 3.63) is 56.3 Å². The van der Waals surface area contributed by atoms with E-state index in [-0.39, 0.29) is 11.3 Å². The molecule has 0 unspecified atom stereocenters. The summed E-state index contributed by atoms with van der Waals surface area (Å²) in [7, 11) is 0. The van der Waals surface area contributed by atoms with Gasteiger partial charge in [-0.25, -0.2) is 0 Å². The zero-order valence-corrected chi connectivity index (χ0v) is 10.8. The van der Waals surface area contributed by atoms with Crippen LogP contribution in [0, 0.1) is 10.1 Å². The Kier molecular flexibility index (Phi) is 4.25. The van der Waals surface area contributed by atoms with E-state index in [9.17, 15) is 14.9 Å². The molecule has 1 heterocycles. The SMILES string of the molecule is O=Cc1cc([N+](=O)[O-])ccc1OCCc1ccsc1. The fourth-order valence-electron chi connectivity index (χ4n) is 1.59. The van der Waals surface area contributed by atoms with Crippen LogP contribution in [0.4, 0.5) is 5.69 Å². The van der Waals surface area contributed by atoms with Gasteiger partial charge < -0.3 is 4.74 Å². The number of nitro groups is 1. The van der Waals surface area contributed by atoms with Crippen molar-refractivity contribution in [2.75, 3.05) is 6.61 Å². The van der Waals surface area contributed by atoms with Crippen LogP contribution in [0.1, 0.15) is 15.9 Å². The van der Waals surface area contributed by atoms with E-state index in [1.54, 1.807) is 11.3 Å². The van der Waals surface area contributed by atoms with E-state index in [1.807, 2.05) is 16.8 Å². The molecule has 98 valence electrons. The Labute approximate surface area is 113 Å². The molecule has 0 N–H and O–H groups in total. The highest BCUT2D eigenvalue weighted by atomic mass is 32.1. The van der Waals surface area contributed by atoms with E-state index < -0.39 is 4.92 Å². The molecule has 0 aliphatic carbocycles. The number of carbonyl (C=O) groups excluding carboxylic acids is 1. The lowest BCUT2D eigenvalue weighted by Crippen LogP contribution is -2.03. The van der Waals surface area contributed by atoms with Crippen molar-refractivity contribution >= 4 is 23.3 Å². The van der Waals surface area contributed by atoms with Gasteiger partial charge in [-0.05, 0) is 28.5 Å². The molecule has 1 aromatic carbocycles. The van der Waals surface area contributed by atoms with E-state index in [0.29, 0.717) is 18.6 Å². The predicted octanol–water partition coefficient (Wildman–Crippen LogP) is 3.09. The summed E-state index contributed by atoms with van der Waals surface area (Å²) in [5.74, 6) is 0.371. The molecule has 0 spiro atoms. The molecule has 0 atom stereocenters. The minimum absolute atomic E-state index is 0.118. The fraction of sp³-hybridized carbons (Fsp3) is 0.154. The third kappa shape index (κ3) is 3.38. The van der Waals surface area contributed by atoms with Crippen molar-refractivity contribution in [3.8, 4) is 5.75 Å². The van der Waals surface area contributed by atoms with Crippen LogP contribution in [0.25, 0.3) is 0 Å². The van der Waals surface area contributed by atoms with Gasteiger partial charge in [-0.3, -0.25) is 14.9 Å². The van der Waals surface area contributed by atoms with Crippen LogP contribution in [0.15, 0.2) is 35.0 Å². The van der Waals surface area contributed by atoms with Crippen LogP contribution in [-0.4, -0.2) is 17.8 Å². The van der Waals surface area contributed by atoms with Crippen LogP contribution in [0.5, 0.6) is 5.75 Å². The smallest absolute Gasteiger partial charge is 0.270 e. The van der Waals surface area contributed by atoms with E-state index in [1.165, 1.54) is 23.8 Å². The Morgan fingerprint density at radius 2 is 2.21 bits per heavy atom. The van der Waals surface area contributed by atoms with Gasteiger partial charge in [-0.1, -0.05) is 0 Å². The number of hydrogen-bond acceptors (Lipinski definition) is 5. The van der Waals surface area contributed by atoms with Gasteiger partial charge in [0, 0.05) is 18.6 Å². The zero-order valence-electron chi connectivity index (χ0n) is 9.94. The van der Waals surface area contributed by atoms with Crippen molar-refractivity contribution in [3.63, 3.8) is 0 Å². The molecular weight excluding hydrogens is 266 g/mol. The van der Waals surface area contributed by atoms with Gasteiger partial charge in [0.05, 0.1) is 17.1 Å². The van der Waals surface area contributed by atoms with E-state index in [2.05, 4.69) is 0 Å². The second-order valence-corrected chi connectivity index (χ2v) is 4.61. The van der Waals surface area contributed by atoms with Gasteiger partial charge >= 0.3 is 0 Å². The molecule has 6 heteroatoms. The highest BCUT2D eigenvalue weighted by molar-refractivity contribution is 7.07. The molecule has 0 saturated heterocycles. The number of nitrogens with zero attached hydrogens (tertiary/aromatic N) is 1. The number of hydrogen-bond donors (Lipinski definition) is 0. The third-order valence-electron chi connectivity index (χ3n) is 2.56. The Hall–Kier alpha value is -2.21. The molecule has 0 amide bonds. The van der Waals surface area contributed by atoms with E-state index >= 15 is 0 Å². The molecule has 5 nitrogen and oxygen atoms in total. The molecule has 19 heavy (non-hydrogen) atoms. The summed E-state index contributed by atoms with van der Waals surface area (Å²) in [6.45, 7) is 0.426. The van der Waals surface area contributed by atoms with E-state index in [4.69, 9.17) is 4.74 Å². The van der Waals surface area contributed by atoms with Gasteiger partial charge in [0.1, 0.15) is 5.75 Å². The molecule has 0 aliphatic heterocycles. The minimum atomic E-state index is -0.540. The lowest BCUT2D eigenvalue weighted by Gasteiger charge is -2.07. The Balaban J connectivity index is 2.03. The van der Waals surface area contributed by atoms with Crippen LogP contribution in [0.3, 0.4) is 0 Å². The van der Waals surface area contributed by atoms with Crippen LogP contribution < -0.4 is 4.74 Å². The van der Waals surface area contributed by atoms with Gasteiger partial charge in [-0.2, -0.15) is 11.3 Å². The molecular formula is C13H11NO4S. The van der Waals surface area contributed by atoms with Gasteiger partial charge in [-0.15, -0.1) is 0 Å². The van der Waals surface area contributed by atoms with Gasteiger partial charge in [0.2, 0.25) is 0 Å². The number of ether oxygens (including phenoxy) is 1. The molecule has 0 aliphatic rings. The highest BCUT2D eigenvalue weighted by Gasteiger charge is 2.11. The van der Waals surface area contributed by atoms with Crippen molar-refractivity contribution in [2.24, 2.45) is 0 Å². The van der Waals surface area contributed by atoms with Crippen LogP contribution >= 0.6 is 11.3 Å². The van der Waals surface area contributed by atoms with Crippen molar-refractivity contribution in [1.29, 1.82) is 0 Å². The molecule has 1 aromatic heterocycles. The second kappa shape index (κ2) is 6.10. The van der Waals surface area contributed by atoms with Crippen molar-refractivity contribution in [1.82, 2.24) is 0 Å². The monoisotopic (exact) mass is 277 g/mol. The highest BCUT2D eigenvalue weighted by Crippen LogP contribution is 2.23. The Morgan fingerprint density at radius 1 is 1.37 bits per heavy atom. The lowest BCUT2D eigenvalue weighted by atomic mass is 10.2. The summed E-state index contributed by atoms with van der Waals surface area (Å²) in [5, 5.41) is 14.6. The lowest BCUT2D eigenvalue weighted by molar-refractivity contribution is -0.384. The largest absolute Gasteiger partial charge is 0.492 e. The number of carbonyl (C=O) groups is 1. The topological polar surface area (TPSA) is 69.4 Å². The van der Waals surface area contributed by atoms with Crippen molar-refractivity contribution in [2.45, 2.75) is 6.42 Å². The summed E-state index contributed by atoms with van der Waals surface area (Å²) in [4.78, 5) is 21.0. The molecule has 2 rings (SSSR count). The number of benzene rings is 1. The third-order valence-corrected chi connectivity index (χ3v) is 3.29. The number of aldehydes is 1. The molecule has 0 bridgehead atoms. The minimum Gasteiger partial charge on any atom is -0.492 e. The van der Waals surface area contributed by atoms with Gasteiger partial charge in [0.25, 0.3) is 5.69 Å². The molecule has 0 radical (unpaired) electrons. The quantitative estimate of drug-likeness (QED) is 0.462. The number of non-ortho nitro benzene ring substituents is 1. The van der Waals surface area contributed by atoms with Gasteiger partial charge in [0.15, 0.2) is 6.29 Å². The summed E-state index contributed by atoms with van der Waals surface area (Å²) in [6, 6.07) is 6.00. The van der Waals surface area contributed by atoms with Crippen molar-refractivity contribution < 1.29 is 14.5 Å². The Bertz CT molecular complexity index is 580. The average molecular weight is 277 g/mol. The first-order valence-electron chi connectivity index (χ1n) is 5.58. The second-order valence-electron chi connectivity index (χ2n) is 3.83. The maximum atomic E-state index is 10.9. The predicted molar refractivity (Wildman–Crippen MR) is 72.0 cm³/mol. The summed E-state index contributed by atoms with van der Waals surface area (Å²) < 4.78 is 5.49.